The molecule has 0 bridgehead atoms. The Bertz CT molecular complexity index is 820. The third-order valence-electron chi connectivity index (χ3n) is 4.18. The summed E-state index contributed by atoms with van der Waals surface area (Å²) in [6.07, 6.45) is 1.50. The van der Waals surface area contributed by atoms with Gasteiger partial charge in [0.25, 0.3) is 0 Å². The molecule has 166 valence electrons. The van der Waals surface area contributed by atoms with Crippen molar-refractivity contribution < 1.29 is 33.4 Å². The van der Waals surface area contributed by atoms with Crippen LogP contribution in [0.15, 0.2) is 22.4 Å². The molecule has 0 aromatic heterocycles. The van der Waals surface area contributed by atoms with E-state index in [-0.39, 0.29) is 41.4 Å². The first-order valence-corrected chi connectivity index (χ1v) is 9.88. The quantitative estimate of drug-likeness (QED) is 0.264. The molecule has 0 aromatic carbocycles. The minimum absolute atomic E-state index is 0.00612. The van der Waals surface area contributed by atoms with Crippen LogP contribution in [0.25, 0.3) is 0 Å². The third kappa shape index (κ3) is 6.79. The first kappa shape index (κ1) is 25.6. The van der Waals surface area contributed by atoms with Gasteiger partial charge in [-0.15, -0.1) is 0 Å². The van der Waals surface area contributed by atoms with E-state index in [1.165, 1.54) is 20.0 Å². The fourth-order valence-corrected chi connectivity index (χ4v) is 3.08. The Hall–Kier alpha value is -2.48. The summed E-state index contributed by atoms with van der Waals surface area (Å²) in [5.74, 6) is -3.17. The largest absolute Gasteiger partial charge is 0.466 e. The van der Waals surface area contributed by atoms with Crippen molar-refractivity contribution in [3.63, 3.8) is 0 Å². The van der Waals surface area contributed by atoms with E-state index in [4.69, 9.17) is 21.1 Å². The smallest absolute Gasteiger partial charge is 0.304 e. The van der Waals surface area contributed by atoms with E-state index in [1.54, 1.807) is 0 Å². The predicted molar refractivity (Wildman–Crippen MR) is 110 cm³/mol. The summed E-state index contributed by atoms with van der Waals surface area (Å²) < 4.78 is 9.82. The lowest BCUT2D eigenvalue weighted by atomic mass is 9.79. The van der Waals surface area contributed by atoms with Gasteiger partial charge in [0.1, 0.15) is 5.78 Å². The highest BCUT2D eigenvalue weighted by atomic mass is 35.5. The molecule has 1 aliphatic carbocycles. The predicted octanol–water partition coefficient (Wildman–Crippen LogP) is 2.53. The molecular formula is C21H28ClNO7. The van der Waals surface area contributed by atoms with Crippen LogP contribution < -0.4 is 5.32 Å². The lowest BCUT2D eigenvalue weighted by Crippen LogP contribution is -2.52. The maximum absolute atomic E-state index is 13.1. The highest BCUT2D eigenvalue weighted by molar-refractivity contribution is 6.49. The van der Waals surface area contributed by atoms with Gasteiger partial charge in [-0.2, -0.15) is 0 Å². The van der Waals surface area contributed by atoms with Gasteiger partial charge in [-0.1, -0.05) is 11.6 Å². The summed E-state index contributed by atoms with van der Waals surface area (Å²) in [5.41, 5.74) is -2.44. The van der Waals surface area contributed by atoms with E-state index in [2.05, 4.69) is 5.32 Å². The molecule has 1 aliphatic rings. The summed E-state index contributed by atoms with van der Waals surface area (Å²) >= 11 is 6.25. The minimum Gasteiger partial charge on any atom is -0.466 e. The lowest BCUT2D eigenvalue weighted by Gasteiger charge is -2.33. The molecule has 9 heteroatoms. The number of carbonyl (C=O) groups excluding carboxylic acids is 5. The molecule has 0 saturated heterocycles. The van der Waals surface area contributed by atoms with E-state index >= 15 is 0 Å². The van der Waals surface area contributed by atoms with Crippen molar-refractivity contribution >= 4 is 40.9 Å². The van der Waals surface area contributed by atoms with Crippen molar-refractivity contribution in [2.45, 2.75) is 71.9 Å². The van der Waals surface area contributed by atoms with Gasteiger partial charge in [0, 0.05) is 44.0 Å². The van der Waals surface area contributed by atoms with Crippen LogP contribution in [0.2, 0.25) is 0 Å². The lowest BCUT2D eigenvalue weighted by molar-refractivity contribution is -0.167. The number of halogens is 1. The number of nitrogens with one attached hydrogen (secondary N) is 1. The van der Waals surface area contributed by atoms with Crippen molar-refractivity contribution in [3.8, 4) is 0 Å². The molecule has 0 fully saturated rings. The van der Waals surface area contributed by atoms with Crippen molar-refractivity contribution in [2.24, 2.45) is 0 Å². The van der Waals surface area contributed by atoms with E-state index < -0.39 is 34.6 Å². The number of ether oxygens (including phenoxy) is 2. The summed E-state index contributed by atoms with van der Waals surface area (Å²) in [5, 5.41) is 2.69. The van der Waals surface area contributed by atoms with Gasteiger partial charge in [-0.05, 0) is 39.7 Å². The molecule has 1 atom stereocenters. The topological polar surface area (TPSA) is 116 Å². The molecule has 0 radical (unpaired) electrons. The molecule has 0 spiro atoms. The maximum Gasteiger partial charge on any atom is 0.304 e. The molecule has 8 nitrogen and oxygen atoms in total. The Balaban J connectivity index is 3.25. The van der Waals surface area contributed by atoms with Crippen molar-refractivity contribution in [2.75, 3.05) is 6.61 Å². The number of ketones is 3. The van der Waals surface area contributed by atoms with E-state index in [0.29, 0.717) is 6.42 Å². The van der Waals surface area contributed by atoms with E-state index in [1.807, 2.05) is 20.8 Å². The van der Waals surface area contributed by atoms with Gasteiger partial charge in [0.2, 0.25) is 17.2 Å². The third-order valence-corrected chi connectivity index (χ3v) is 4.58. The fraction of sp³-hybridized carbons (Fsp3) is 0.571. The van der Waals surface area contributed by atoms with Crippen molar-refractivity contribution in [1.29, 1.82) is 0 Å². The maximum atomic E-state index is 13.1. The molecule has 1 rings (SSSR count). The van der Waals surface area contributed by atoms with Crippen LogP contribution in [0.1, 0.15) is 60.8 Å². The zero-order valence-electron chi connectivity index (χ0n) is 18.1. The Labute approximate surface area is 181 Å². The van der Waals surface area contributed by atoms with E-state index in [0.717, 1.165) is 6.92 Å². The van der Waals surface area contributed by atoms with E-state index in [9.17, 15) is 24.0 Å². The van der Waals surface area contributed by atoms with Crippen LogP contribution in [-0.2, 0) is 33.4 Å². The highest BCUT2D eigenvalue weighted by Gasteiger charge is 2.52. The van der Waals surface area contributed by atoms with Crippen LogP contribution in [-0.4, -0.2) is 47.0 Å². The van der Waals surface area contributed by atoms with Gasteiger partial charge in [0.05, 0.1) is 11.6 Å². The monoisotopic (exact) mass is 441 g/mol. The normalized spacial score (nSPS) is 21.0. The second-order valence-corrected chi connectivity index (χ2v) is 8.57. The number of hydrogen-bond acceptors (Lipinski definition) is 8. The van der Waals surface area contributed by atoms with Gasteiger partial charge in [-0.25, -0.2) is 0 Å². The zero-order chi connectivity index (χ0) is 23.3. The zero-order valence-corrected chi connectivity index (χ0v) is 18.9. The average molecular weight is 442 g/mol. The van der Waals surface area contributed by atoms with Crippen LogP contribution in [0.3, 0.4) is 0 Å². The van der Waals surface area contributed by atoms with Gasteiger partial charge in [-0.3, -0.25) is 24.0 Å². The molecule has 1 N–H and O–H groups in total. The highest BCUT2D eigenvalue weighted by Crippen LogP contribution is 2.37. The first-order chi connectivity index (χ1) is 13.7. The van der Waals surface area contributed by atoms with Gasteiger partial charge in [0.15, 0.2) is 0 Å². The van der Waals surface area contributed by atoms with Crippen LogP contribution in [0.4, 0.5) is 0 Å². The molecule has 0 heterocycles. The molecule has 30 heavy (non-hydrogen) atoms. The average Bonchev–Trinajstić information content (AvgIpc) is 2.60. The standard InChI is InChI=1S/C21H28ClNO7/c1-12(24)29-9-7-8-14(26)10-15-16(11-23-20(3,4)5)18(27)21(6,30-13(2)25)19(28)17(15)22/h11,23H,7-10H2,1-6H3/b16-11-. The molecule has 0 aromatic rings. The SMILES string of the molecule is CC(=O)OCCCC(=O)CC1=C(Cl)C(=O)C(C)(OC(C)=O)C(=O)/C1=C\NC(C)(C)C. The second kappa shape index (κ2) is 10.0. The Kier molecular flexibility index (Phi) is 8.53. The van der Waals surface area contributed by atoms with Crippen molar-refractivity contribution in [3.05, 3.63) is 22.4 Å². The Morgan fingerprint density at radius 2 is 1.70 bits per heavy atom. The molecule has 1 unspecified atom stereocenters. The van der Waals surface area contributed by atoms with Crippen molar-refractivity contribution in [1.82, 2.24) is 5.32 Å². The Morgan fingerprint density at radius 3 is 2.20 bits per heavy atom. The summed E-state index contributed by atoms with van der Waals surface area (Å²) in [6.45, 7) is 9.21. The van der Waals surface area contributed by atoms with Crippen LogP contribution >= 0.6 is 11.6 Å². The number of rotatable bonds is 8. The fourth-order valence-electron chi connectivity index (χ4n) is 2.73. The first-order valence-electron chi connectivity index (χ1n) is 9.50. The van der Waals surface area contributed by atoms with Gasteiger partial charge >= 0.3 is 11.9 Å². The number of Topliss-reactive ketones (excluding diaryl/α,β-unsaturated/α-hetero) is 3. The molecule has 0 saturated carbocycles. The summed E-state index contributed by atoms with van der Waals surface area (Å²) in [6, 6.07) is 0. The minimum atomic E-state index is -2.10. The van der Waals surface area contributed by atoms with Gasteiger partial charge < -0.3 is 14.8 Å². The number of hydrogen-bond donors (Lipinski definition) is 1. The molecule has 0 aliphatic heterocycles. The van der Waals surface area contributed by atoms with Crippen LogP contribution in [0, 0.1) is 0 Å². The summed E-state index contributed by atoms with van der Waals surface area (Å²) in [7, 11) is 0. The summed E-state index contributed by atoms with van der Waals surface area (Å²) in [4.78, 5) is 60.6. The Morgan fingerprint density at radius 1 is 1.10 bits per heavy atom. The molecule has 0 amide bonds. The number of allylic oxidation sites excluding steroid dienone is 1. The molecular weight excluding hydrogens is 414 g/mol. The number of carbonyl (C=O) groups is 5. The second-order valence-electron chi connectivity index (χ2n) is 8.19. The number of esters is 2. The van der Waals surface area contributed by atoms with Crippen LogP contribution in [0.5, 0.6) is 0 Å².